The fourth-order valence-corrected chi connectivity index (χ4v) is 3.81. The summed E-state index contributed by atoms with van der Waals surface area (Å²) in [5.74, 6) is 0.669. The molecular formula is C20H15ClN2O5S. The Labute approximate surface area is 175 Å². The number of ether oxygens (including phenoxy) is 2. The molecule has 2 N–H and O–H groups in total. The Morgan fingerprint density at radius 1 is 1.17 bits per heavy atom. The van der Waals surface area contributed by atoms with Crippen molar-refractivity contribution in [1.29, 1.82) is 0 Å². The van der Waals surface area contributed by atoms with Crippen molar-refractivity contribution in [3.63, 3.8) is 0 Å². The SMILES string of the molecule is O=C1NC(Cc2ccc(Oc3ccc(/C=C4\SC(=O)NC4=O)cc3Cl)cc2)CO1. The number of thioether (sulfide) groups is 1. The number of carbonyl (C=O) groups is 3. The average molecular weight is 431 g/mol. The molecule has 0 spiro atoms. The van der Waals surface area contributed by atoms with Crippen LogP contribution >= 0.6 is 23.4 Å². The predicted molar refractivity (Wildman–Crippen MR) is 109 cm³/mol. The highest BCUT2D eigenvalue weighted by Crippen LogP contribution is 2.32. The first-order valence-corrected chi connectivity index (χ1v) is 9.90. The lowest BCUT2D eigenvalue weighted by Gasteiger charge is -2.10. The average Bonchev–Trinajstić information content (AvgIpc) is 3.23. The second-order valence-electron chi connectivity index (χ2n) is 6.43. The molecule has 1 unspecified atom stereocenters. The summed E-state index contributed by atoms with van der Waals surface area (Å²) >= 11 is 7.16. The van der Waals surface area contributed by atoms with Crippen molar-refractivity contribution in [1.82, 2.24) is 10.6 Å². The number of halogens is 1. The minimum atomic E-state index is -0.416. The van der Waals surface area contributed by atoms with Gasteiger partial charge in [-0.15, -0.1) is 0 Å². The molecule has 2 fully saturated rings. The summed E-state index contributed by atoms with van der Waals surface area (Å²) in [6.07, 6.45) is 1.88. The van der Waals surface area contributed by atoms with Crippen molar-refractivity contribution in [3.8, 4) is 11.5 Å². The van der Waals surface area contributed by atoms with Gasteiger partial charge < -0.3 is 14.8 Å². The van der Waals surface area contributed by atoms with Crippen LogP contribution in [0, 0.1) is 0 Å². The second-order valence-corrected chi connectivity index (χ2v) is 7.85. The van der Waals surface area contributed by atoms with Crippen LogP contribution in [-0.4, -0.2) is 29.9 Å². The Balaban J connectivity index is 1.41. The van der Waals surface area contributed by atoms with E-state index in [0.29, 0.717) is 40.0 Å². The quantitative estimate of drug-likeness (QED) is 0.693. The zero-order chi connectivity index (χ0) is 20.4. The molecule has 0 aromatic heterocycles. The molecule has 2 aliphatic rings. The van der Waals surface area contributed by atoms with Crippen LogP contribution in [-0.2, 0) is 16.0 Å². The molecule has 148 valence electrons. The van der Waals surface area contributed by atoms with E-state index < -0.39 is 11.1 Å². The molecule has 7 nitrogen and oxygen atoms in total. The van der Waals surface area contributed by atoms with Crippen LogP contribution in [0.3, 0.4) is 0 Å². The van der Waals surface area contributed by atoms with Gasteiger partial charge in [-0.3, -0.25) is 14.9 Å². The third kappa shape index (κ3) is 4.72. The standard InChI is InChI=1S/C20H15ClN2O5S/c21-15-8-12(9-17-18(24)23-20(26)29-17)3-6-16(15)28-14-4-1-11(2-5-14)7-13-10-27-19(25)22-13/h1-6,8-9,13H,7,10H2,(H,22,25)(H,23,24,26)/b17-9-. The number of nitrogens with one attached hydrogen (secondary N) is 2. The third-order valence-electron chi connectivity index (χ3n) is 4.27. The predicted octanol–water partition coefficient (Wildman–Crippen LogP) is 4.11. The maximum Gasteiger partial charge on any atom is 0.407 e. The van der Waals surface area contributed by atoms with Crippen LogP contribution < -0.4 is 15.4 Å². The van der Waals surface area contributed by atoms with E-state index in [-0.39, 0.29) is 12.1 Å². The van der Waals surface area contributed by atoms with E-state index in [0.717, 1.165) is 17.3 Å². The van der Waals surface area contributed by atoms with Crippen molar-refractivity contribution >= 4 is 46.7 Å². The van der Waals surface area contributed by atoms with Crippen LogP contribution in [0.15, 0.2) is 47.4 Å². The van der Waals surface area contributed by atoms with E-state index in [1.165, 1.54) is 0 Å². The largest absolute Gasteiger partial charge is 0.456 e. The maximum absolute atomic E-state index is 11.6. The highest BCUT2D eigenvalue weighted by molar-refractivity contribution is 8.18. The van der Waals surface area contributed by atoms with Crippen LogP contribution in [0.1, 0.15) is 11.1 Å². The summed E-state index contributed by atoms with van der Waals surface area (Å²) in [5, 5.41) is 4.94. The molecule has 2 saturated heterocycles. The number of rotatable bonds is 5. The smallest absolute Gasteiger partial charge is 0.407 e. The zero-order valence-corrected chi connectivity index (χ0v) is 16.5. The molecule has 2 heterocycles. The van der Waals surface area contributed by atoms with Gasteiger partial charge in [-0.25, -0.2) is 4.79 Å². The van der Waals surface area contributed by atoms with E-state index in [4.69, 9.17) is 21.1 Å². The second kappa shape index (κ2) is 8.18. The molecule has 1 atom stereocenters. The Bertz CT molecular complexity index is 1020. The first kappa shape index (κ1) is 19.4. The van der Waals surface area contributed by atoms with Gasteiger partial charge in [-0.2, -0.15) is 0 Å². The van der Waals surface area contributed by atoms with Gasteiger partial charge in [0.15, 0.2) is 0 Å². The molecule has 3 amide bonds. The van der Waals surface area contributed by atoms with Crippen molar-refractivity contribution in [2.75, 3.05) is 6.61 Å². The molecule has 29 heavy (non-hydrogen) atoms. The Hall–Kier alpha value is -2.97. The fraction of sp³-hybridized carbons (Fsp3) is 0.150. The van der Waals surface area contributed by atoms with Gasteiger partial charge >= 0.3 is 6.09 Å². The van der Waals surface area contributed by atoms with E-state index in [9.17, 15) is 14.4 Å². The number of benzene rings is 2. The molecule has 2 aromatic rings. The summed E-state index contributed by atoms with van der Waals surface area (Å²) in [7, 11) is 0. The molecule has 0 saturated carbocycles. The summed E-state index contributed by atoms with van der Waals surface area (Å²) in [4.78, 5) is 34.3. The van der Waals surface area contributed by atoms with Gasteiger partial charge in [0.1, 0.15) is 18.1 Å². The molecule has 4 rings (SSSR count). The minimum absolute atomic E-state index is 0.0271. The fourth-order valence-electron chi connectivity index (χ4n) is 2.90. The van der Waals surface area contributed by atoms with Gasteiger partial charge in [-0.05, 0) is 59.7 Å². The molecule has 9 heteroatoms. The maximum atomic E-state index is 11.6. The monoisotopic (exact) mass is 430 g/mol. The van der Waals surface area contributed by atoms with Gasteiger partial charge in [0.25, 0.3) is 11.1 Å². The zero-order valence-electron chi connectivity index (χ0n) is 14.9. The van der Waals surface area contributed by atoms with E-state index in [2.05, 4.69) is 10.6 Å². The van der Waals surface area contributed by atoms with Crippen molar-refractivity contribution in [2.24, 2.45) is 0 Å². The van der Waals surface area contributed by atoms with Crippen molar-refractivity contribution < 1.29 is 23.9 Å². The van der Waals surface area contributed by atoms with Gasteiger partial charge in [0.2, 0.25) is 0 Å². The third-order valence-corrected chi connectivity index (χ3v) is 5.37. The topological polar surface area (TPSA) is 93.7 Å². The number of hydrogen-bond acceptors (Lipinski definition) is 6. The van der Waals surface area contributed by atoms with Crippen LogP contribution in [0.2, 0.25) is 5.02 Å². The van der Waals surface area contributed by atoms with Crippen LogP contribution in [0.5, 0.6) is 11.5 Å². The highest BCUT2D eigenvalue weighted by atomic mass is 35.5. The van der Waals surface area contributed by atoms with E-state index in [1.54, 1.807) is 24.3 Å². The summed E-state index contributed by atoms with van der Waals surface area (Å²) in [6, 6.07) is 12.6. The van der Waals surface area contributed by atoms with Gasteiger partial charge in [-0.1, -0.05) is 29.8 Å². The number of alkyl carbamates (subject to hydrolysis) is 1. The Morgan fingerprint density at radius 2 is 1.97 bits per heavy atom. The number of carbonyl (C=O) groups excluding carboxylic acids is 3. The molecular weight excluding hydrogens is 416 g/mol. The normalized spacial score (nSPS) is 19.8. The molecule has 0 aliphatic carbocycles. The highest BCUT2D eigenvalue weighted by Gasteiger charge is 2.25. The first-order valence-electron chi connectivity index (χ1n) is 8.71. The first-order chi connectivity index (χ1) is 14.0. The van der Waals surface area contributed by atoms with E-state index >= 15 is 0 Å². The van der Waals surface area contributed by atoms with E-state index in [1.807, 2.05) is 24.3 Å². The van der Waals surface area contributed by atoms with Gasteiger partial charge in [0.05, 0.1) is 16.0 Å². The van der Waals surface area contributed by atoms with Crippen molar-refractivity contribution in [2.45, 2.75) is 12.5 Å². The molecule has 0 radical (unpaired) electrons. The lowest BCUT2D eigenvalue weighted by Crippen LogP contribution is -2.28. The summed E-state index contributed by atoms with van der Waals surface area (Å²) in [5.41, 5.74) is 1.73. The van der Waals surface area contributed by atoms with Crippen LogP contribution in [0.4, 0.5) is 9.59 Å². The van der Waals surface area contributed by atoms with Crippen LogP contribution in [0.25, 0.3) is 6.08 Å². The molecule has 2 aromatic carbocycles. The minimum Gasteiger partial charge on any atom is -0.456 e. The lowest BCUT2D eigenvalue weighted by atomic mass is 10.1. The van der Waals surface area contributed by atoms with Gasteiger partial charge in [0, 0.05) is 0 Å². The van der Waals surface area contributed by atoms with Crippen molar-refractivity contribution in [3.05, 3.63) is 63.5 Å². The number of hydrogen-bond donors (Lipinski definition) is 2. The molecule has 0 bridgehead atoms. The number of cyclic esters (lactones) is 1. The number of imide groups is 1. The summed E-state index contributed by atoms with van der Waals surface area (Å²) in [6.45, 7) is 0.365. The Kier molecular flexibility index (Phi) is 5.46. The Morgan fingerprint density at radius 3 is 2.59 bits per heavy atom. The lowest BCUT2D eigenvalue weighted by molar-refractivity contribution is -0.115. The summed E-state index contributed by atoms with van der Waals surface area (Å²) < 4.78 is 10.7. The molecule has 2 aliphatic heterocycles. The number of amides is 3.